The molecular formula is C21H15ClN2. The van der Waals surface area contributed by atoms with E-state index in [9.17, 15) is 0 Å². The summed E-state index contributed by atoms with van der Waals surface area (Å²) >= 11 is 6.00. The van der Waals surface area contributed by atoms with Crippen LogP contribution in [0, 0.1) is 6.92 Å². The minimum absolute atomic E-state index is 0.707. The molecule has 0 aliphatic heterocycles. The number of hydrogen-bond donors (Lipinski definition) is 0. The van der Waals surface area contributed by atoms with Gasteiger partial charge in [0.15, 0.2) is 5.82 Å². The van der Waals surface area contributed by atoms with Gasteiger partial charge in [-0.2, -0.15) is 0 Å². The summed E-state index contributed by atoms with van der Waals surface area (Å²) in [5, 5.41) is 1.77. The zero-order chi connectivity index (χ0) is 16.5. The van der Waals surface area contributed by atoms with Crippen LogP contribution in [0.25, 0.3) is 33.5 Å². The molecule has 3 heteroatoms. The average molecular weight is 331 g/mol. The highest BCUT2D eigenvalue weighted by Gasteiger charge is 2.12. The zero-order valence-corrected chi connectivity index (χ0v) is 14.0. The molecule has 24 heavy (non-hydrogen) atoms. The van der Waals surface area contributed by atoms with Crippen LogP contribution < -0.4 is 0 Å². The Balaban J connectivity index is 2.01. The fourth-order valence-electron chi connectivity index (χ4n) is 2.85. The molecule has 3 aromatic carbocycles. The van der Waals surface area contributed by atoms with E-state index < -0.39 is 0 Å². The van der Waals surface area contributed by atoms with E-state index in [0.29, 0.717) is 10.8 Å². The third kappa shape index (κ3) is 2.66. The highest BCUT2D eigenvalue weighted by atomic mass is 35.5. The molecule has 4 rings (SSSR count). The van der Waals surface area contributed by atoms with Gasteiger partial charge in [-0.1, -0.05) is 54.1 Å². The second kappa shape index (κ2) is 6.06. The van der Waals surface area contributed by atoms with Crippen LogP contribution >= 0.6 is 11.6 Å². The Hall–Kier alpha value is -2.71. The summed E-state index contributed by atoms with van der Waals surface area (Å²) in [4.78, 5) is 9.61. The number of fused-ring (bicyclic) bond motifs is 1. The van der Waals surface area contributed by atoms with Crippen molar-refractivity contribution in [3.05, 3.63) is 83.4 Å². The van der Waals surface area contributed by atoms with Crippen LogP contribution in [0.2, 0.25) is 5.02 Å². The van der Waals surface area contributed by atoms with Gasteiger partial charge in [0.25, 0.3) is 0 Å². The molecule has 0 N–H and O–H groups in total. The lowest BCUT2D eigenvalue weighted by molar-refractivity contribution is 1.22. The Kier molecular flexibility index (Phi) is 3.75. The molecule has 0 unspecified atom stereocenters. The largest absolute Gasteiger partial charge is 0.228 e. The SMILES string of the molecule is Cc1ccccc1-c1nc(-c2ccc(Cl)cc2)nc2ccccc12. The van der Waals surface area contributed by atoms with Gasteiger partial charge in [0, 0.05) is 21.5 Å². The molecule has 0 fully saturated rings. The summed E-state index contributed by atoms with van der Waals surface area (Å²) in [6.45, 7) is 2.11. The molecule has 0 amide bonds. The number of rotatable bonds is 2. The van der Waals surface area contributed by atoms with Crippen LogP contribution in [0.15, 0.2) is 72.8 Å². The van der Waals surface area contributed by atoms with Gasteiger partial charge in [-0.05, 0) is 42.8 Å². The smallest absolute Gasteiger partial charge is 0.160 e. The first-order valence-corrected chi connectivity index (χ1v) is 8.19. The number of aryl methyl sites for hydroxylation is 1. The maximum Gasteiger partial charge on any atom is 0.160 e. The van der Waals surface area contributed by atoms with E-state index in [1.54, 1.807) is 0 Å². The van der Waals surface area contributed by atoms with Crippen molar-refractivity contribution in [2.45, 2.75) is 6.92 Å². The Morgan fingerprint density at radius 1 is 0.750 bits per heavy atom. The van der Waals surface area contributed by atoms with Gasteiger partial charge < -0.3 is 0 Å². The first-order chi connectivity index (χ1) is 11.7. The van der Waals surface area contributed by atoms with Gasteiger partial charge in [0.1, 0.15) is 0 Å². The van der Waals surface area contributed by atoms with Crippen LogP contribution in [0.3, 0.4) is 0 Å². The number of halogens is 1. The van der Waals surface area contributed by atoms with E-state index in [1.165, 1.54) is 5.56 Å². The van der Waals surface area contributed by atoms with E-state index in [2.05, 4.69) is 25.1 Å². The molecule has 4 aromatic rings. The lowest BCUT2D eigenvalue weighted by atomic mass is 10.0. The molecule has 0 saturated heterocycles. The summed E-state index contributed by atoms with van der Waals surface area (Å²) in [5.41, 5.74) is 5.19. The summed E-state index contributed by atoms with van der Waals surface area (Å²) in [6.07, 6.45) is 0. The molecule has 2 nitrogen and oxygen atoms in total. The monoisotopic (exact) mass is 330 g/mol. The molecule has 1 aromatic heterocycles. The van der Waals surface area contributed by atoms with Gasteiger partial charge in [-0.25, -0.2) is 9.97 Å². The van der Waals surface area contributed by atoms with Crippen molar-refractivity contribution in [2.75, 3.05) is 0 Å². The first kappa shape index (κ1) is 14.9. The van der Waals surface area contributed by atoms with Gasteiger partial charge in [-0.3, -0.25) is 0 Å². The second-order valence-electron chi connectivity index (χ2n) is 5.73. The molecule has 0 saturated carbocycles. The van der Waals surface area contributed by atoms with E-state index in [-0.39, 0.29) is 0 Å². The Labute approximate surface area is 145 Å². The third-order valence-corrected chi connectivity index (χ3v) is 4.36. The van der Waals surface area contributed by atoms with Gasteiger partial charge in [0.2, 0.25) is 0 Å². The predicted molar refractivity (Wildman–Crippen MR) is 100 cm³/mol. The fraction of sp³-hybridized carbons (Fsp3) is 0.0476. The lowest BCUT2D eigenvalue weighted by Gasteiger charge is -2.11. The van der Waals surface area contributed by atoms with E-state index in [0.717, 1.165) is 27.7 Å². The van der Waals surface area contributed by atoms with Crippen molar-refractivity contribution in [3.63, 3.8) is 0 Å². The topological polar surface area (TPSA) is 25.8 Å². The Morgan fingerprint density at radius 2 is 1.46 bits per heavy atom. The first-order valence-electron chi connectivity index (χ1n) is 7.81. The zero-order valence-electron chi connectivity index (χ0n) is 13.2. The maximum absolute atomic E-state index is 6.00. The molecule has 116 valence electrons. The Morgan fingerprint density at radius 3 is 2.25 bits per heavy atom. The molecule has 0 spiro atoms. The Bertz CT molecular complexity index is 1020. The molecule has 0 aliphatic carbocycles. The van der Waals surface area contributed by atoms with Crippen LogP contribution in [0.4, 0.5) is 0 Å². The summed E-state index contributed by atoms with van der Waals surface area (Å²) in [7, 11) is 0. The predicted octanol–water partition coefficient (Wildman–Crippen LogP) is 5.93. The molecule has 1 heterocycles. The summed E-state index contributed by atoms with van der Waals surface area (Å²) in [5.74, 6) is 0.712. The summed E-state index contributed by atoms with van der Waals surface area (Å²) < 4.78 is 0. The highest BCUT2D eigenvalue weighted by Crippen LogP contribution is 2.31. The van der Waals surface area contributed by atoms with Crippen molar-refractivity contribution in [1.82, 2.24) is 9.97 Å². The molecule has 0 radical (unpaired) electrons. The van der Waals surface area contributed by atoms with E-state index >= 15 is 0 Å². The van der Waals surface area contributed by atoms with Crippen molar-refractivity contribution in [2.24, 2.45) is 0 Å². The number of aromatic nitrogens is 2. The molecular weight excluding hydrogens is 316 g/mol. The number of benzene rings is 3. The van der Waals surface area contributed by atoms with E-state index in [4.69, 9.17) is 21.6 Å². The normalized spacial score (nSPS) is 10.9. The van der Waals surface area contributed by atoms with Crippen LogP contribution in [-0.4, -0.2) is 9.97 Å². The molecule has 0 atom stereocenters. The van der Waals surface area contributed by atoms with Crippen LogP contribution in [0.1, 0.15) is 5.56 Å². The minimum Gasteiger partial charge on any atom is -0.228 e. The number of nitrogens with zero attached hydrogens (tertiary/aromatic N) is 2. The van der Waals surface area contributed by atoms with Gasteiger partial charge >= 0.3 is 0 Å². The third-order valence-electron chi connectivity index (χ3n) is 4.11. The quantitative estimate of drug-likeness (QED) is 0.455. The molecule has 0 aliphatic rings. The van der Waals surface area contributed by atoms with Crippen molar-refractivity contribution < 1.29 is 0 Å². The van der Waals surface area contributed by atoms with Crippen LogP contribution in [-0.2, 0) is 0 Å². The van der Waals surface area contributed by atoms with Gasteiger partial charge in [0.05, 0.1) is 11.2 Å². The summed E-state index contributed by atoms with van der Waals surface area (Å²) in [6, 6.07) is 24.1. The van der Waals surface area contributed by atoms with Crippen molar-refractivity contribution >= 4 is 22.5 Å². The standard InChI is InChI=1S/C21H15ClN2/c1-14-6-2-3-7-17(14)20-18-8-4-5-9-19(18)23-21(24-20)15-10-12-16(22)13-11-15/h2-13H,1H3. The number of hydrogen-bond acceptors (Lipinski definition) is 2. The second-order valence-corrected chi connectivity index (χ2v) is 6.17. The van der Waals surface area contributed by atoms with Gasteiger partial charge in [-0.15, -0.1) is 0 Å². The van der Waals surface area contributed by atoms with Crippen molar-refractivity contribution in [1.29, 1.82) is 0 Å². The fourth-order valence-corrected chi connectivity index (χ4v) is 2.97. The number of para-hydroxylation sites is 1. The average Bonchev–Trinajstić information content (AvgIpc) is 2.62. The van der Waals surface area contributed by atoms with Crippen molar-refractivity contribution in [3.8, 4) is 22.6 Å². The highest BCUT2D eigenvalue weighted by molar-refractivity contribution is 6.30. The lowest BCUT2D eigenvalue weighted by Crippen LogP contribution is -1.96. The molecule has 0 bridgehead atoms. The van der Waals surface area contributed by atoms with E-state index in [1.807, 2.05) is 54.6 Å². The maximum atomic E-state index is 6.00. The van der Waals surface area contributed by atoms with Crippen LogP contribution in [0.5, 0.6) is 0 Å². The minimum atomic E-state index is 0.707.